The molecule has 12 heavy (non-hydrogen) atoms. The van der Waals surface area contributed by atoms with Crippen LogP contribution >= 0.6 is 0 Å². The summed E-state index contributed by atoms with van der Waals surface area (Å²) in [5.74, 6) is 0. The summed E-state index contributed by atoms with van der Waals surface area (Å²) in [5, 5.41) is 1.85. The van der Waals surface area contributed by atoms with Gasteiger partial charge in [-0.3, -0.25) is 9.36 Å². The lowest BCUT2D eigenvalue weighted by atomic mass is 10.2. The molecule has 0 atom stereocenters. The highest BCUT2D eigenvalue weighted by Crippen LogP contribution is 2.11. The van der Waals surface area contributed by atoms with E-state index in [1.54, 1.807) is 4.57 Å². The number of hydrogen-bond donors (Lipinski definition) is 0. The molecule has 0 N–H and O–H groups in total. The largest absolute Gasteiger partial charge is 0.292 e. The van der Waals surface area contributed by atoms with E-state index in [9.17, 15) is 4.79 Å². The summed E-state index contributed by atoms with van der Waals surface area (Å²) in [7, 11) is 3.35. The fourth-order valence-electron chi connectivity index (χ4n) is 1.29. The van der Waals surface area contributed by atoms with Gasteiger partial charge in [0.05, 0.1) is 15.8 Å². The molecule has 1 aromatic heterocycles. The van der Waals surface area contributed by atoms with Gasteiger partial charge in [-0.1, -0.05) is 18.2 Å². The average Bonchev–Trinajstić information content (AvgIpc) is 2.40. The van der Waals surface area contributed by atoms with Crippen molar-refractivity contribution < 1.29 is 4.79 Å². The van der Waals surface area contributed by atoms with Crippen LogP contribution in [0.15, 0.2) is 30.3 Å². The standard InChI is InChI=1S/C9H6NOSi/c11-6-10-8-4-2-1-3-7(8)5-9(10)12/h1-6H. The Morgan fingerprint density at radius 2 is 2.08 bits per heavy atom. The van der Waals surface area contributed by atoms with E-state index in [0.29, 0.717) is 0 Å². The number of nitrogens with zero attached hydrogens (tertiary/aromatic N) is 1. The smallest absolute Gasteiger partial charge is 0.218 e. The van der Waals surface area contributed by atoms with Gasteiger partial charge in [-0.25, -0.2) is 0 Å². The molecule has 3 radical (unpaired) electrons. The number of hydrogen-bond acceptors (Lipinski definition) is 1. The first-order chi connectivity index (χ1) is 5.83. The Bertz CT molecular complexity index is 433. The van der Waals surface area contributed by atoms with E-state index in [1.807, 2.05) is 30.3 Å². The maximum Gasteiger partial charge on any atom is 0.218 e. The molecule has 0 unspecified atom stereocenters. The third-order valence-electron chi connectivity index (χ3n) is 1.85. The number of para-hydroxylation sites is 1. The van der Waals surface area contributed by atoms with Gasteiger partial charge in [0, 0.05) is 5.32 Å². The van der Waals surface area contributed by atoms with Crippen LogP contribution in [0, 0.1) is 0 Å². The van der Waals surface area contributed by atoms with Gasteiger partial charge in [-0.2, -0.15) is 0 Å². The fraction of sp³-hybridized carbons (Fsp3) is 0. The first-order valence-electron chi connectivity index (χ1n) is 3.60. The minimum absolute atomic E-state index is 0.784. The summed E-state index contributed by atoms with van der Waals surface area (Å²) >= 11 is 0. The van der Waals surface area contributed by atoms with Crippen LogP contribution in [-0.4, -0.2) is 21.2 Å². The van der Waals surface area contributed by atoms with Gasteiger partial charge in [0.2, 0.25) is 6.41 Å². The van der Waals surface area contributed by atoms with E-state index in [4.69, 9.17) is 0 Å². The zero-order valence-corrected chi connectivity index (χ0v) is 7.32. The SMILES string of the molecule is O=Cn1c([Si])cc2ccccc21. The lowest BCUT2D eigenvalue weighted by molar-refractivity contribution is 0.550. The van der Waals surface area contributed by atoms with Crippen molar-refractivity contribution >= 4 is 32.9 Å². The molecule has 0 amide bonds. The maximum atomic E-state index is 10.6. The topological polar surface area (TPSA) is 22.0 Å². The predicted molar refractivity (Wildman–Crippen MR) is 49.5 cm³/mol. The molecule has 2 rings (SSSR count). The lowest BCUT2D eigenvalue weighted by Gasteiger charge is -1.94. The van der Waals surface area contributed by atoms with Gasteiger partial charge < -0.3 is 0 Å². The Balaban J connectivity index is 2.90. The number of carbonyl (C=O) groups excluding carboxylic acids is 1. The molecule has 0 aliphatic carbocycles. The summed E-state index contributed by atoms with van der Waals surface area (Å²) in [4.78, 5) is 10.6. The molecule has 3 heteroatoms. The van der Waals surface area contributed by atoms with Crippen molar-refractivity contribution in [3.8, 4) is 0 Å². The molecule has 0 aliphatic rings. The average molecular weight is 172 g/mol. The second-order valence-corrected chi connectivity index (χ2v) is 3.08. The molecule has 0 bridgehead atoms. The first kappa shape index (κ1) is 7.30. The second kappa shape index (κ2) is 2.60. The number of rotatable bonds is 1. The molecular formula is C9H6NOSi. The maximum absolute atomic E-state index is 10.6. The van der Waals surface area contributed by atoms with Crippen LogP contribution in [0.3, 0.4) is 0 Å². The number of benzene rings is 1. The summed E-state index contributed by atoms with van der Waals surface area (Å²) in [6, 6.07) is 9.66. The zero-order chi connectivity index (χ0) is 8.55. The number of fused-ring (bicyclic) bond motifs is 1. The predicted octanol–water partition coefficient (Wildman–Crippen LogP) is 0.473. The van der Waals surface area contributed by atoms with E-state index < -0.39 is 0 Å². The summed E-state index contributed by atoms with van der Waals surface area (Å²) in [6.07, 6.45) is 0.796. The summed E-state index contributed by atoms with van der Waals surface area (Å²) in [5.41, 5.74) is 0.928. The molecule has 1 aromatic carbocycles. The van der Waals surface area contributed by atoms with Gasteiger partial charge in [-0.05, 0) is 17.5 Å². The van der Waals surface area contributed by atoms with Crippen LogP contribution < -0.4 is 5.32 Å². The zero-order valence-electron chi connectivity index (χ0n) is 6.32. The van der Waals surface area contributed by atoms with E-state index >= 15 is 0 Å². The highest BCUT2D eigenvalue weighted by Gasteiger charge is 2.01. The van der Waals surface area contributed by atoms with Gasteiger partial charge in [0.15, 0.2) is 0 Å². The van der Waals surface area contributed by atoms with Crippen LogP contribution in [-0.2, 0) is 4.79 Å². The summed E-state index contributed by atoms with van der Waals surface area (Å²) < 4.78 is 1.56. The Morgan fingerprint density at radius 3 is 2.83 bits per heavy atom. The number of aromatic nitrogens is 1. The van der Waals surface area contributed by atoms with Gasteiger partial charge in [0.1, 0.15) is 0 Å². The van der Waals surface area contributed by atoms with Crippen LogP contribution in [0.4, 0.5) is 0 Å². The van der Waals surface area contributed by atoms with Crippen molar-refractivity contribution in [2.24, 2.45) is 0 Å². The highest BCUT2D eigenvalue weighted by atomic mass is 28.1. The second-order valence-electron chi connectivity index (χ2n) is 2.56. The molecule has 2 nitrogen and oxygen atoms in total. The summed E-state index contributed by atoms with van der Waals surface area (Å²) in [6.45, 7) is 0. The van der Waals surface area contributed by atoms with Crippen LogP contribution in [0.5, 0.6) is 0 Å². The van der Waals surface area contributed by atoms with Gasteiger partial charge in [0.25, 0.3) is 0 Å². The van der Waals surface area contributed by atoms with Crippen molar-refractivity contribution in [2.45, 2.75) is 0 Å². The molecule has 57 valence electrons. The highest BCUT2D eigenvalue weighted by molar-refractivity contribution is 6.33. The molecule has 0 spiro atoms. The lowest BCUT2D eigenvalue weighted by Crippen LogP contribution is -2.15. The van der Waals surface area contributed by atoms with Gasteiger partial charge >= 0.3 is 0 Å². The van der Waals surface area contributed by atoms with Gasteiger partial charge in [-0.15, -0.1) is 0 Å². The van der Waals surface area contributed by atoms with Crippen LogP contribution in [0.25, 0.3) is 10.9 Å². The normalized spacial score (nSPS) is 10.4. The van der Waals surface area contributed by atoms with Crippen molar-refractivity contribution in [1.29, 1.82) is 0 Å². The molecular weight excluding hydrogens is 166 g/mol. The van der Waals surface area contributed by atoms with E-state index in [-0.39, 0.29) is 0 Å². The Hall–Kier alpha value is -1.35. The van der Waals surface area contributed by atoms with Crippen LogP contribution in [0.2, 0.25) is 0 Å². The monoisotopic (exact) mass is 172 g/mol. The molecule has 2 aromatic rings. The van der Waals surface area contributed by atoms with Crippen LogP contribution in [0.1, 0.15) is 0 Å². The molecule has 0 fully saturated rings. The molecule has 1 heterocycles. The van der Waals surface area contributed by atoms with E-state index in [0.717, 1.165) is 22.6 Å². The first-order valence-corrected chi connectivity index (χ1v) is 4.10. The fourth-order valence-corrected chi connectivity index (χ4v) is 1.62. The Morgan fingerprint density at radius 1 is 1.33 bits per heavy atom. The minimum Gasteiger partial charge on any atom is -0.292 e. The van der Waals surface area contributed by atoms with Crippen molar-refractivity contribution in [2.75, 3.05) is 0 Å². The Kier molecular flexibility index (Phi) is 1.58. The van der Waals surface area contributed by atoms with E-state index in [1.165, 1.54) is 0 Å². The molecule has 0 saturated carbocycles. The third kappa shape index (κ3) is 0.904. The van der Waals surface area contributed by atoms with Crippen molar-refractivity contribution in [1.82, 2.24) is 4.57 Å². The third-order valence-corrected chi connectivity index (χ3v) is 2.24. The quantitative estimate of drug-likeness (QED) is 0.453. The Labute approximate surface area is 73.2 Å². The number of carbonyl (C=O) groups is 1. The van der Waals surface area contributed by atoms with Crippen molar-refractivity contribution in [3.63, 3.8) is 0 Å². The molecule has 0 saturated heterocycles. The van der Waals surface area contributed by atoms with E-state index in [2.05, 4.69) is 10.2 Å². The molecule has 0 aliphatic heterocycles. The minimum atomic E-state index is 0.784. The van der Waals surface area contributed by atoms with Crippen molar-refractivity contribution in [3.05, 3.63) is 30.3 Å².